The third-order valence-corrected chi connectivity index (χ3v) is 3.65. The summed E-state index contributed by atoms with van der Waals surface area (Å²) in [5.41, 5.74) is 2.29. The SMILES string of the molecule is C=CCCCCCC(NCCC)c1ccc(F)cc1C. The number of hydrogen-bond donors (Lipinski definition) is 1. The average molecular weight is 277 g/mol. The molecule has 0 saturated carbocycles. The number of halogens is 1. The molecule has 0 fully saturated rings. The van der Waals surface area contributed by atoms with E-state index in [-0.39, 0.29) is 5.82 Å². The molecule has 1 aromatic rings. The summed E-state index contributed by atoms with van der Waals surface area (Å²) in [4.78, 5) is 0. The van der Waals surface area contributed by atoms with E-state index >= 15 is 0 Å². The van der Waals surface area contributed by atoms with Gasteiger partial charge in [-0.2, -0.15) is 0 Å². The number of rotatable bonds is 10. The molecule has 0 aliphatic heterocycles. The lowest BCUT2D eigenvalue weighted by molar-refractivity contribution is 0.469. The van der Waals surface area contributed by atoms with Gasteiger partial charge in [-0.15, -0.1) is 6.58 Å². The Morgan fingerprint density at radius 3 is 2.75 bits per heavy atom. The molecule has 0 saturated heterocycles. The molecule has 1 N–H and O–H groups in total. The van der Waals surface area contributed by atoms with E-state index in [4.69, 9.17) is 0 Å². The van der Waals surface area contributed by atoms with Crippen molar-refractivity contribution in [1.29, 1.82) is 0 Å². The lowest BCUT2D eigenvalue weighted by Crippen LogP contribution is -2.23. The summed E-state index contributed by atoms with van der Waals surface area (Å²) in [6, 6.07) is 5.48. The number of nitrogens with one attached hydrogen (secondary N) is 1. The fourth-order valence-corrected chi connectivity index (χ4v) is 2.53. The van der Waals surface area contributed by atoms with Gasteiger partial charge >= 0.3 is 0 Å². The average Bonchev–Trinajstić information content (AvgIpc) is 2.43. The van der Waals surface area contributed by atoms with Crippen LogP contribution in [0.1, 0.15) is 62.6 Å². The molecule has 0 radical (unpaired) electrons. The molecule has 0 spiro atoms. The van der Waals surface area contributed by atoms with Crippen molar-refractivity contribution in [3.05, 3.63) is 47.8 Å². The van der Waals surface area contributed by atoms with Crippen LogP contribution in [0.2, 0.25) is 0 Å². The Bertz CT molecular complexity index is 400. The summed E-state index contributed by atoms with van der Waals surface area (Å²) in [6.07, 6.45) is 8.96. The summed E-state index contributed by atoms with van der Waals surface area (Å²) in [7, 11) is 0. The number of unbranched alkanes of at least 4 members (excludes halogenated alkanes) is 3. The van der Waals surface area contributed by atoms with Gasteiger partial charge in [0.25, 0.3) is 0 Å². The first-order chi connectivity index (χ1) is 9.69. The van der Waals surface area contributed by atoms with Crippen LogP contribution in [-0.4, -0.2) is 6.54 Å². The molecule has 2 heteroatoms. The van der Waals surface area contributed by atoms with Gasteiger partial charge in [0, 0.05) is 6.04 Å². The molecule has 0 heterocycles. The van der Waals surface area contributed by atoms with Gasteiger partial charge in [0.2, 0.25) is 0 Å². The van der Waals surface area contributed by atoms with Crippen molar-refractivity contribution in [1.82, 2.24) is 5.32 Å². The van der Waals surface area contributed by atoms with E-state index < -0.39 is 0 Å². The molecular formula is C18H28FN. The lowest BCUT2D eigenvalue weighted by Gasteiger charge is -2.21. The van der Waals surface area contributed by atoms with Crippen molar-refractivity contribution in [2.45, 2.75) is 58.4 Å². The van der Waals surface area contributed by atoms with E-state index in [2.05, 4.69) is 18.8 Å². The third-order valence-electron chi connectivity index (χ3n) is 3.65. The van der Waals surface area contributed by atoms with Crippen LogP contribution in [0, 0.1) is 12.7 Å². The van der Waals surface area contributed by atoms with Gasteiger partial charge in [-0.25, -0.2) is 4.39 Å². The highest BCUT2D eigenvalue weighted by atomic mass is 19.1. The highest BCUT2D eigenvalue weighted by Gasteiger charge is 2.13. The van der Waals surface area contributed by atoms with E-state index in [1.807, 2.05) is 19.1 Å². The van der Waals surface area contributed by atoms with Crippen LogP contribution in [-0.2, 0) is 0 Å². The van der Waals surface area contributed by atoms with Gasteiger partial charge in [0.05, 0.1) is 0 Å². The van der Waals surface area contributed by atoms with Crippen molar-refractivity contribution in [2.24, 2.45) is 0 Å². The normalized spacial score (nSPS) is 12.3. The monoisotopic (exact) mass is 277 g/mol. The van der Waals surface area contributed by atoms with Gasteiger partial charge in [0.1, 0.15) is 5.82 Å². The number of allylic oxidation sites excluding steroid dienone is 1. The second kappa shape index (κ2) is 9.71. The Balaban J connectivity index is 2.60. The van der Waals surface area contributed by atoms with E-state index in [0.29, 0.717) is 6.04 Å². The van der Waals surface area contributed by atoms with Crippen LogP contribution in [0.5, 0.6) is 0 Å². The summed E-state index contributed by atoms with van der Waals surface area (Å²) in [5.74, 6) is -0.147. The van der Waals surface area contributed by atoms with Gasteiger partial charge in [0.15, 0.2) is 0 Å². The van der Waals surface area contributed by atoms with Crippen LogP contribution in [0.4, 0.5) is 4.39 Å². The van der Waals surface area contributed by atoms with Crippen molar-refractivity contribution in [3.63, 3.8) is 0 Å². The third kappa shape index (κ3) is 5.87. The van der Waals surface area contributed by atoms with E-state index in [0.717, 1.165) is 31.4 Å². The first-order valence-corrected chi connectivity index (χ1v) is 7.79. The van der Waals surface area contributed by atoms with Gasteiger partial charge in [-0.3, -0.25) is 0 Å². The maximum Gasteiger partial charge on any atom is 0.123 e. The van der Waals surface area contributed by atoms with Crippen LogP contribution in [0.3, 0.4) is 0 Å². The maximum atomic E-state index is 13.2. The zero-order chi connectivity index (χ0) is 14.8. The molecule has 1 atom stereocenters. The van der Waals surface area contributed by atoms with Gasteiger partial charge < -0.3 is 5.32 Å². The number of hydrogen-bond acceptors (Lipinski definition) is 1. The first-order valence-electron chi connectivity index (χ1n) is 7.79. The first kappa shape index (κ1) is 16.9. The Kier molecular flexibility index (Phi) is 8.20. The van der Waals surface area contributed by atoms with Gasteiger partial charge in [-0.05, 0) is 62.4 Å². The number of benzene rings is 1. The highest BCUT2D eigenvalue weighted by Crippen LogP contribution is 2.24. The predicted molar refractivity (Wildman–Crippen MR) is 85.5 cm³/mol. The smallest absolute Gasteiger partial charge is 0.123 e. The van der Waals surface area contributed by atoms with E-state index in [9.17, 15) is 4.39 Å². The second-order valence-corrected chi connectivity index (χ2v) is 5.43. The Labute approximate surface area is 123 Å². The molecule has 1 unspecified atom stereocenters. The molecule has 112 valence electrons. The standard InChI is InChI=1S/C18H28FN/c1-4-6-7-8-9-10-18(20-13-5-2)17-12-11-16(19)14-15(17)3/h4,11-12,14,18,20H,1,5-10,13H2,2-3H3. The lowest BCUT2D eigenvalue weighted by atomic mass is 9.96. The van der Waals surface area contributed by atoms with Crippen molar-refractivity contribution in [2.75, 3.05) is 6.54 Å². The van der Waals surface area contributed by atoms with Crippen LogP contribution >= 0.6 is 0 Å². The van der Waals surface area contributed by atoms with Crippen LogP contribution in [0.25, 0.3) is 0 Å². The molecule has 0 amide bonds. The topological polar surface area (TPSA) is 12.0 Å². The maximum absolute atomic E-state index is 13.2. The summed E-state index contributed by atoms with van der Waals surface area (Å²) in [5, 5.41) is 3.59. The van der Waals surface area contributed by atoms with Gasteiger partial charge in [-0.1, -0.05) is 31.9 Å². The van der Waals surface area contributed by atoms with Crippen molar-refractivity contribution in [3.8, 4) is 0 Å². The van der Waals surface area contributed by atoms with E-state index in [1.165, 1.54) is 24.8 Å². The zero-order valence-corrected chi connectivity index (χ0v) is 12.9. The summed E-state index contributed by atoms with van der Waals surface area (Å²) >= 11 is 0. The molecule has 1 aromatic carbocycles. The Morgan fingerprint density at radius 1 is 1.30 bits per heavy atom. The van der Waals surface area contributed by atoms with Crippen LogP contribution in [0.15, 0.2) is 30.9 Å². The number of aryl methyl sites for hydroxylation is 1. The largest absolute Gasteiger partial charge is 0.310 e. The zero-order valence-electron chi connectivity index (χ0n) is 12.9. The molecule has 0 aliphatic carbocycles. The fourth-order valence-electron chi connectivity index (χ4n) is 2.53. The second-order valence-electron chi connectivity index (χ2n) is 5.43. The Hall–Kier alpha value is -1.15. The minimum absolute atomic E-state index is 0.147. The predicted octanol–water partition coefficient (Wildman–Crippen LogP) is 5.31. The highest BCUT2D eigenvalue weighted by molar-refractivity contribution is 5.29. The fraction of sp³-hybridized carbons (Fsp3) is 0.556. The minimum atomic E-state index is -0.147. The summed E-state index contributed by atoms with van der Waals surface area (Å²) < 4.78 is 13.2. The van der Waals surface area contributed by atoms with Crippen LogP contribution < -0.4 is 5.32 Å². The molecule has 0 aliphatic rings. The minimum Gasteiger partial charge on any atom is -0.310 e. The molecule has 0 bridgehead atoms. The molecule has 20 heavy (non-hydrogen) atoms. The molecule has 1 rings (SSSR count). The summed E-state index contributed by atoms with van der Waals surface area (Å²) in [6.45, 7) is 8.93. The van der Waals surface area contributed by atoms with Crippen molar-refractivity contribution >= 4 is 0 Å². The molecule has 0 aromatic heterocycles. The van der Waals surface area contributed by atoms with E-state index in [1.54, 1.807) is 12.1 Å². The van der Waals surface area contributed by atoms with Crippen molar-refractivity contribution < 1.29 is 4.39 Å². The molecular weight excluding hydrogens is 249 g/mol. The Morgan fingerprint density at radius 2 is 2.10 bits per heavy atom. The quantitative estimate of drug-likeness (QED) is 0.451. The molecule has 1 nitrogen and oxygen atoms in total.